The highest BCUT2D eigenvalue weighted by Crippen LogP contribution is 2.44. The number of carboxylic acids is 1. The number of rotatable bonds is 8. The molecule has 2 saturated carbocycles. The van der Waals surface area contributed by atoms with E-state index in [-0.39, 0.29) is 48.6 Å². The van der Waals surface area contributed by atoms with Gasteiger partial charge >= 0.3 is 12.1 Å². The molecular weight excluding hydrogens is 420 g/mol. The molecule has 0 saturated heterocycles. The quantitative estimate of drug-likeness (QED) is 0.573. The number of ether oxygens (including phenoxy) is 1. The highest BCUT2D eigenvalue weighted by molar-refractivity contribution is 5.82. The average molecular weight is 449 g/mol. The van der Waals surface area contributed by atoms with Crippen LogP contribution in [0.25, 0.3) is 11.1 Å². The molecule has 0 bridgehead atoms. The van der Waals surface area contributed by atoms with Crippen LogP contribution < -0.4 is 10.6 Å². The summed E-state index contributed by atoms with van der Waals surface area (Å²) in [4.78, 5) is 35.4. The van der Waals surface area contributed by atoms with E-state index in [1.54, 1.807) is 0 Å². The minimum Gasteiger partial charge on any atom is -0.481 e. The molecule has 3 aliphatic carbocycles. The van der Waals surface area contributed by atoms with E-state index in [0.717, 1.165) is 19.3 Å². The normalized spacial score (nSPS) is 24.7. The van der Waals surface area contributed by atoms with Crippen LogP contribution in [0.2, 0.25) is 0 Å². The van der Waals surface area contributed by atoms with Crippen molar-refractivity contribution in [2.75, 3.05) is 13.2 Å². The summed E-state index contributed by atoms with van der Waals surface area (Å²) >= 11 is 0. The maximum atomic E-state index is 12.4. The highest BCUT2D eigenvalue weighted by Gasteiger charge is 2.44. The van der Waals surface area contributed by atoms with Crippen LogP contribution in [0.3, 0.4) is 0 Å². The van der Waals surface area contributed by atoms with E-state index in [4.69, 9.17) is 9.84 Å². The Hall–Kier alpha value is -3.35. The molecule has 2 aromatic rings. The first-order valence-corrected chi connectivity index (χ1v) is 11.6. The van der Waals surface area contributed by atoms with Gasteiger partial charge in [0.1, 0.15) is 6.61 Å². The lowest BCUT2D eigenvalue weighted by molar-refractivity contribution is -0.139. The molecule has 2 fully saturated rings. The molecule has 5 rings (SSSR count). The molecule has 2 unspecified atom stereocenters. The van der Waals surface area contributed by atoms with Gasteiger partial charge in [0.2, 0.25) is 5.91 Å². The summed E-state index contributed by atoms with van der Waals surface area (Å²) in [5.41, 5.74) is 4.73. The van der Waals surface area contributed by atoms with Gasteiger partial charge in [-0.25, -0.2) is 4.79 Å². The van der Waals surface area contributed by atoms with Crippen molar-refractivity contribution in [3.8, 4) is 11.1 Å². The van der Waals surface area contributed by atoms with Crippen LogP contribution in [0, 0.1) is 17.8 Å². The molecule has 3 aliphatic rings. The summed E-state index contributed by atoms with van der Waals surface area (Å²) in [5.74, 6) is -0.551. The lowest BCUT2D eigenvalue weighted by Crippen LogP contribution is -2.45. The number of carbonyl (C=O) groups is 3. The average Bonchev–Trinajstić information content (AvgIpc) is 3.50. The van der Waals surface area contributed by atoms with Crippen molar-refractivity contribution in [3.63, 3.8) is 0 Å². The van der Waals surface area contributed by atoms with Crippen molar-refractivity contribution in [2.45, 2.75) is 37.6 Å². The Morgan fingerprint density at radius 2 is 1.58 bits per heavy atom. The molecule has 33 heavy (non-hydrogen) atoms. The number of alkyl carbamates (subject to hydrolysis) is 1. The van der Waals surface area contributed by atoms with E-state index in [1.807, 2.05) is 24.3 Å². The van der Waals surface area contributed by atoms with Gasteiger partial charge in [-0.3, -0.25) is 9.59 Å². The summed E-state index contributed by atoms with van der Waals surface area (Å²) in [6.07, 6.45) is 1.92. The minimum absolute atomic E-state index is 0.00751. The number of benzene rings is 2. The zero-order valence-corrected chi connectivity index (χ0v) is 18.3. The first kappa shape index (κ1) is 21.5. The van der Waals surface area contributed by atoms with Crippen LogP contribution >= 0.6 is 0 Å². The third kappa shape index (κ3) is 4.58. The molecule has 3 N–H and O–H groups in total. The first-order valence-electron chi connectivity index (χ1n) is 11.6. The number of nitrogens with one attached hydrogen (secondary N) is 2. The van der Waals surface area contributed by atoms with Crippen molar-refractivity contribution in [3.05, 3.63) is 59.7 Å². The molecular formula is C26H28N2O5. The number of fused-ring (bicyclic) bond motifs is 3. The predicted octanol–water partition coefficient (Wildman–Crippen LogP) is 3.53. The predicted molar refractivity (Wildman–Crippen MR) is 122 cm³/mol. The Kier molecular flexibility index (Phi) is 5.79. The summed E-state index contributed by atoms with van der Waals surface area (Å²) in [5, 5.41) is 14.6. The maximum absolute atomic E-state index is 12.4. The second-order valence-corrected chi connectivity index (χ2v) is 9.45. The first-order chi connectivity index (χ1) is 16.0. The summed E-state index contributed by atoms with van der Waals surface area (Å²) < 4.78 is 5.55. The summed E-state index contributed by atoms with van der Waals surface area (Å²) in [6, 6.07) is 16.5. The van der Waals surface area contributed by atoms with Crippen molar-refractivity contribution < 1.29 is 24.2 Å². The smallest absolute Gasteiger partial charge is 0.407 e. The zero-order chi connectivity index (χ0) is 22.9. The third-order valence-corrected chi connectivity index (χ3v) is 7.16. The Labute approximate surface area is 192 Å². The van der Waals surface area contributed by atoms with Crippen LogP contribution in [-0.2, 0) is 14.3 Å². The molecule has 2 aromatic carbocycles. The number of carbonyl (C=O) groups excluding carboxylic acids is 2. The Bertz CT molecular complexity index is 1030. The minimum atomic E-state index is -0.786. The van der Waals surface area contributed by atoms with Crippen LogP contribution in [0.4, 0.5) is 4.79 Å². The number of amides is 2. The van der Waals surface area contributed by atoms with Crippen molar-refractivity contribution in [1.29, 1.82) is 0 Å². The van der Waals surface area contributed by atoms with Crippen LogP contribution in [0.5, 0.6) is 0 Å². The standard InChI is InChI=1S/C26H28N2O5/c29-24(30)11-15-9-17(10-15)28-25(31)22-12-16(22)13-27-26(32)33-14-23-20-7-3-1-5-18(20)19-6-2-4-8-21(19)23/h1-8,15-17,22-23H,9-14H2,(H,27,32)(H,28,31)(H,29,30). The zero-order valence-electron chi connectivity index (χ0n) is 18.3. The molecule has 172 valence electrons. The molecule has 0 aliphatic heterocycles. The Morgan fingerprint density at radius 1 is 0.939 bits per heavy atom. The number of hydrogen-bond acceptors (Lipinski definition) is 4. The molecule has 0 radical (unpaired) electrons. The SMILES string of the molecule is O=C(O)CC1CC(NC(=O)C2CC2CNC(=O)OCC2c3ccccc3-c3ccccc32)C1. The van der Waals surface area contributed by atoms with E-state index in [1.165, 1.54) is 22.3 Å². The fourth-order valence-corrected chi connectivity index (χ4v) is 5.23. The van der Waals surface area contributed by atoms with Gasteiger partial charge in [0.05, 0.1) is 0 Å². The number of aliphatic carboxylic acids is 1. The monoisotopic (exact) mass is 448 g/mol. The van der Waals surface area contributed by atoms with Crippen LogP contribution in [0.1, 0.15) is 42.7 Å². The van der Waals surface area contributed by atoms with Crippen molar-refractivity contribution in [2.24, 2.45) is 17.8 Å². The van der Waals surface area contributed by atoms with Crippen molar-refractivity contribution in [1.82, 2.24) is 10.6 Å². The molecule has 7 nitrogen and oxygen atoms in total. The van der Waals surface area contributed by atoms with E-state index >= 15 is 0 Å². The van der Waals surface area contributed by atoms with Gasteiger partial charge in [-0.2, -0.15) is 0 Å². The van der Waals surface area contributed by atoms with Gasteiger partial charge in [-0.05, 0) is 53.4 Å². The molecule has 2 amide bonds. The van der Waals surface area contributed by atoms with Gasteiger partial charge in [-0.15, -0.1) is 0 Å². The summed E-state index contributed by atoms with van der Waals surface area (Å²) in [6.45, 7) is 0.689. The van der Waals surface area contributed by atoms with E-state index in [0.29, 0.717) is 6.54 Å². The third-order valence-electron chi connectivity index (χ3n) is 7.16. The number of carboxylic acid groups (broad SMARTS) is 1. The highest BCUT2D eigenvalue weighted by atomic mass is 16.5. The Balaban J connectivity index is 1.05. The molecule has 0 heterocycles. The molecule has 0 spiro atoms. The molecule has 2 atom stereocenters. The molecule has 7 heteroatoms. The van der Waals surface area contributed by atoms with Crippen LogP contribution in [-0.4, -0.2) is 42.3 Å². The Morgan fingerprint density at radius 3 is 2.21 bits per heavy atom. The van der Waals surface area contributed by atoms with Crippen LogP contribution in [0.15, 0.2) is 48.5 Å². The fourth-order valence-electron chi connectivity index (χ4n) is 5.23. The topological polar surface area (TPSA) is 105 Å². The van der Waals surface area contributed by atoms with Gasteiger partial charge in [0.15, 0.2) is 0 Å². The van der Waals surface area contributed by atoms with Gasteiger partial charge in [0.25, 0.3) is 0 Å². The van der Waals surface area contributed by atoms with E-state index < -0.39 is 12.1 Å². The second kappa shape index (κ2) is 8.89. The summed E-state index contributed by atoms with van der Waals surface area (Å²) in [7, 11) is 0. The van der Waals surface area contributed by atoms with E-state index in [9.17, 15) is 14.4 Å². The van der Waals surface area contributed by atoms with Gasteiger partial charge < -0.3 is 20.5 Å². The van der Waals surface area contributed by atoms with E-state index in [2.05, 4.69) is 34.9 Å². The maximum Gasteiger partial charge on any atom is 0.407 e. The second-order valence-electron chi connectivity index (χ2n) is 9.45. The fraction of sp³-hybridized carbons (Fsp3) is 0.423. The lowest BCUT2D eigenvalue weighted by Gasteiger charge is -2.35. The van der Waals surface area contributed by atoms with Gasteiger partial charge in [-0.1, -0.05) is 48.5 Å². The lowest BCUT2D eigenvalue weighted by atomic mass is 9.78. The number of hydrogen-bond donors (Lipinski definition) is 3. The van der Waals surface area contributed by atoms with Crippen molar-refractivity contribution >= 4 is 18.0 Å². The molecule has 0 aromatic heterocycles. The largest absolute Gasteiger partial charge is 0.481 e. The van der Waals surface area contributed by atoms with Gasteiger partial charge in [0, 0.05) is 30.8 Å².